The van der Waals surface area contributed by atoms with Gasteiger partial charge in [-0.1, -0.05) is 24.6 Å². The number of para-hydroxylation sites is 1. The van der Waals surface area contributed by atoms with Crippen molar-refractivity contribution in [2.45, 2.75) is 62.8 Å². The molecular weight excluding hydrogens is 288 g/mol. The van der Waals surface area contributed by atoms with Crippen LogP contribution in [-0.2, 0) is 6.42 Å². The van der Waals surface area contributed by atoms with Gasteiger partial charge in [-0.25, -0.2) is 0 Å². The highest BCUT2D eigenvalue weighted by molar-refractivity contribution is 5.34. The molecule has 3 nitrogen and oxygen atoms in total. The Balaban J connectivity index is 1.78. The Morgan fingerprint density at radius 3 is 2.55 bits per heavy atom. The van der Waals surface area contributed by atoms with E-state index in [1.165, 1.54) is 6.42 Å². The van der Waals surface area contributed by atoms with Crippen LogP contribution in [0.1, 0.15) is 37.7 Å². The maximum absolute atomic E-state index is 12.5. The van der Waals surface area contributed by atoms with Gasteiger partial charge in [-0.15, -0.1) is 0 Å². The molecule has 122 valence electrons. The summed E-state index contributed by atoms with van der Waals surface area (Å²) in [6, 6.07) is 7.56. The molecule has 2 aliphatic rings. The summed E-state index contributed by atoms with van der Waals surface area (Å²) in [5.41, 5.74) is -0.169. The molecule has 2 bridgehead atoms. The Morgan fingerprint density at radius 1 is 1.27 bits per heavy atom. The van der Waals surface area contributed by atoms with Gasteiger partial charge in [0.05, 0.1) is 5.60 Å². The number of hydrogen-bond acceptors (Lipinski definition) is 3. The standard InChI is InChI=1S/C17H23F2NO2/c1-20-13-6-4-7-14(20)11-17(21,10-13)9-12-5-2-3-8-15(12)22-16(18)19/h2-3,5,8,13-14,16,21H,4,6-7,9-11H2,1H3. The normalized spacial score (nSPS) is 32.2. The lowest BCUT2D eigenvalue weighted by Crippen LogP contribution is -2.57. The predicted octanol–water partition coefficient (Wildman–Crippen LogP) is 3.21. The van der Waals surface area contributed by atoms with E-state index in [4.69, 9.17) is 0 Å². The molecule has 0 aliphatic carbocycles. The van der Waals surface area contributed by atoms with Crippen molar-refractivity contribution in [3.05, 3.63) is 29.8 Å². The van der Waals surface area contributed by atoms with Crippen LogP contribution in [0.2, 0.25) is 0 Å². The second-order valence-electron chi connectivity index (χ2n) is 6.70. The third-order valence-electron chi connectivity index (χ3n) is 5.17. The first-order chi connectivity index (χ1) is 10.5. The van der Waals surface area contributed by atoms with Crippen molar-refractivity contribution in [2.75, 3.05) is 7.05 Å². The average molecular weight is 311 g/mol. The Morgan fingerprint density at radius 2 is 1.91 bits per heavy atom. The molecule has 1 aromatic rings. The van der Waals surface area contributed by atoms with Gasteiger partial charge in [0, 0.05) is 18.5 Å². The maximum Gasteiger partial charge on any atom is 0.387 e. The van der Waals surface area contributed by atoms with E-state index in [1.807, 2.05) is 0 Å². The average Bonchev–Trinajstić information content (AvgIpc) is 2.43. The molecule has 2 aliphatic heterocycles. The van der Waals surface area contributed by atoms with Crippen molar-refractivity contribution >= 4 is 0 Å². The second kappa shape index (κ2) is 6.13. The Labute approximate surface area is 129 Å². The van der Waals surface area contributed by atoms with Crippen LogP contribution in [-0.4, -0.2) is 41.4 Å². The fourth-order valence-electron chi connectivity index (χ4n) is 4.11. The molecule has 2 heterocycles. The third-order valence-corrected chi connectivity index (χ3v) is 5.17. The van der Waals surface area contributed by atoms with Crippen molar-refractivity contribution in [3.8, 4) is 5.75 Å². The quantitative estimate of drug-likeness (QED) is 0.927. The smallest absolute Gasteiger partial charge is 0.387 e. The molecular formula is C17H23F2NO2. The molecule has 0 saturated carbocycles. The molecule has 0 amide bonds. The van der Waals surface area contributed by atoms with E-state index in [2.05, 4.69) is 16.7 Å². The number of piperidine rings is 2. The zero-order valence-corrected chi connectivity index (χ0v) is 12.8. The molecule has 3 rings (SSSR count). The van der Waals surface area contributed by atoms with Crippen molar-refractivity contribution in [1.29, 1.82) is 0 Å². The van der Waals surface area contributed by atoms with Gasteiger partial charge in [-0.2, -0.15) is 8.78 Å². The van der Waals surface area contributed by atoms with Crippen LogP contribution in [0, 0.1) is 0 Å². The van der Waals surface area contributed by atoms with Gasteiger partial charge in [0.1, 0.15) is 5.75 Å². The van der Waals surface area contributed by atoms with Gasteiger partial charge >= 0.3 is 6.61 Å². The highest BCUT2D eigenvalue weighted by Gasteiger charge is 2.44. The minimum Gasteiger partial charge on any atom is -0.435 e. The SMILES string of the molecule is CN1C2CCCC1CC(O)(Cc1ccccc1OC(F)F)C2. The predicted molar refractivity (Wildman–Crippen MR) is 80.2 cm³/mol. The molecule has 22 heavy (non-hydrogen) atoms. The number of alkyl halides is 2. The van der Waals surface area contributed by atoms with Crippen LogP contribution in [0.15, 0.2) is 24.3 Å². The number of benzene rings is 1. The number of halogens is 2. The fraction of sp³-hybridized carbons (Fsp3) is 0.647. The summed E-state index contributed by atoms with van der Waals surface area (Å²) in [7, 11) is 2.13. The van der Waals surface area contributed by atoms with Gasteiger partial charge in [0.15, 0.2) is 0 Å². The summed E-state index contributed by atoms with van der Waals surface area (Å²) >= 11 is 0. The molecule has 1 N–H and O–H groups in total. The van der Waals surface area contributed by atoms with Gasteiger partial charge < -0.3 is 14.7 Å². The lowest BCUT2D eigenvalue weighted by atomic mass is 9.73. The number of aliphatic hydroxyl groups is 1. The van der Waals surface area contributed by atoms with Crippen molar-refractivity contribution in [3.63, 3.8) is 0 Å². The minimum atomic E-state index is -2.84. The monoisotopic (exact) mass is 311 g/mol. The molecule has 0 radical (unpaired) electrons. The van der Waals surface area contributed by atoms with Crippen LogP contribution < -0.4 is 4.74 Å². The number of nitrogens with zero attached hydrogens (tertiary/aromatic N) is 1. The summed E-state index contributed by atoms with van der Waals surface area (Å²) in [6.45, 7) is -2.84. The third kappa shape index (κ3) is 3.25. The molecule has 0 spiro atoms. The Kier molecular flexibility index (Phi) is 4.37. The molecule has 1 aromatic carbocycles. The number of rotatable bonds is 4. The van der Waals surface area contributed by atoms with E-state index >= 15 is 0 Å². The number of hydrogen-bond donors (Lipinski definition) is 1. The molecule has 2 unspecified atom stereocenters. The van der Waals surface area contributed by atoms with Crippen LogP contribution in [0.4, 0.5) is 8.78 Å². The zero-order chi connectivity index (χ0) is 15.7. The van der Waals surface area contributed by atoms with Gasteiger partial charge in [0.2, 0.25) is 0 Å². The van der Waals surface area contributed by atoms with Crippen LogP contribution in [0.5, 0.6) is 5.75 Å². The Bertz CT molecular complexity index is 509. The zero-order valence-electron chi connectivity index (χ0n) is 12.8. The van der Waals surface area contributed by atoms with Crippen LogP contribution >= 0.6 is 0 Å². The minimum absolute atomic E-state index is 0.176. The highest BCUT2D eigenvalue weighted by Crippen LogP contribution is 2.40. The summed E-state index contributed by atoms with van der Waals surface area (Å²) < 4.78 is 29.6. The summed E-state index contributed by atoms with van der Waals surface area (Å²) in [5.74, 6) is 0.176. The van der Waals surface area contributed by atoms with E-state index in [-0.39, 0.29) is 5.75 Å². The fourth-order valence-corrected chi connectivity index (χ4v) is 4.11. The van der Waals surface area contributed by atoms with Gasteiger partial charge in [-0.05, 0) is 44.4 Å². The van der Waals surface area contributed by atoms with Gasteiger partial charge in [0.25, 0.3) is 0 Å². The van der Waals surface area contributed by atoms with E-state index in [0.717, 1.165) is 12.8 Å². The van der Waals surface area contributed by atoms with E-state index in [9.17, 15) is 13.9 Å². The van der Waals surface area contributed by atoms with E-state index in [0.29, 0.717) is 36.9 Å². The topological polar surface area (TPSA) is 32.7 Å². The first kappa shape index (κ1) is 15.7. The highest BCUT2D eigenvalue weighted by atomic mass is 19.3. The largest absolute Gasteiger partial charge is 0.435 e. The summed E-state index contributed by atoms with van der Waals surface area (Å²) in [6.07, 6.45) is 5.18. The van der Waals surface area contributed by atoms with Crippen molar-refractivity contribution in [1.82, 2.24) is 4.90 Å². The molecule has 5 heteroatoms. The van der Waals surface area contributed by atoms with E-state index in [1.54, 1.807) is 24.3 Å². The first-order valence-electron chi connectivity index (χ1n) is 7.94. The van der Waals surface area contributed by atoms with Crippen LogP contribution in [0.3, 0.4) is 0 Å². The van der Waals surface area contributed by atoms with E-state index < -0.39 is 12.2 Å². The maximum atomic E-state index is 12.5. The molecule has 0 aromatic heterocycles. The van der Waals surface area contributed by atoms with Gasteiger partial charge in [-0.3, -0.25) is 0 Å². The lowest BCUT2D eigenvalue weighted by Gasteiger charge is -2.50. The summed E-state index contributed by atoms with van der Waals surface area (Å²) in [5, 5.41) is 11.0. The molecule has 2 saturated heterocycles. The van der Waals surface area contributed by atoms with Crippen molar-refractivity contribution < 1.29 is 18.6 Å². The second-order valence-corrected chi connectivity index (χ2v) is 6.70. The lowest BCUT2D eigenvalue weighted by molar-refractivity contribution is -0.0838. The Hall–Kier alpha value is -1.20. The van der Waals surface area contributed by atoms with Crippen molar-refractivity contribution in [2.24, 2.45) is 0 Å². The van der Waals surface area contributed by atoms with Crippen LogP contribution in [0.25, 0.3) is 0 Å². The first-order valence-corrected chi connectivity index (χ1v) is 7.94. The number of fused-ring (bicyclic) bond motifs is 2. The molecule has 2 fully saturated rings. The summed E-state index contributed by atoms with van der Waals surface area (Å²) in [4.78, 5) is 2.37. The number of ether oxygens (including phenoxy) is 1. The molecule has 2 atom stereocenters.